The Bertz CT molecular complexity index is 610. The number of hydrogen-bond acceptors (Lipinski definition) is 4. The van der Waals surface area contributed by atoms with Crippen LogP contribution in [0.15, 0.2) is 30.5 Å². The number of hydrogen-bond donors (Lipinski definition) is 1. The molecule has 1 aromatic heterocycles. The van der Waals surface area contributed by atoms with Gasteiger partial charge in [-0.15, -0.1) is 0 Å². The number of anilines is 1. The van der Waals surface area contributed by atoms with Gasteiger partial charge in [0.1, 0.15) is 11.6 Å². The van der Waals surface area contributed by atoms with Crippen molar-refractivity contribution in [3.63, 3.8) is 0 Å². The van der Waals surface area contributed by atoms with Crippen LogP contribution in [0.2, 0.25) is 0 Å². The molecule has 1 aliphatic carbocycles. The lowest BCUT2D eigenvalue weighted by Gasteiger charge is -2.29. The largest absolute Gasteiger partial charge is 0.497 e. The lowest BCUT2D eigenvalue weighted by Crippen LogP contribution is -2.40. The first-order valence-electron chi connectivity index (χ1n) is 7.10. The van der Waals surface area contributed by atoms with E-state index in [0.29, 0.717) is 12.6 Å². The average molecular weight is 271 g/mol. The van der Waals surface area contributed by atoms with Crippen LogP contribution >= 0.6 is 0 Å². The van der Waals surface area contributed by atoms with Gasteiger partial charge in [-0.1, -0.05) is 0 Å². The number of rotatable bonds is 5. The lowest BCUT2D eigenvalue weighted by molar-refractivity contribution is 0.415. The van der Waals surface area contributed by atoms with Crippen molar-refractivity contribution < 1.29 is 4.74 Å². The molecule has 0 saturated heterocycles. The third kappa shape index (κ3) is 2.31. The smallest absolute Gasteiger partial charge is 0.136 e. The summed E-state index contributed by atoms with van der Waals surface area (Å²) in [5.41, 5.74) is 5.95. The van der Waals surface area contributed by atoms with Crippen molar-refractivity contribution in [2.24, 2.45) is 11.7 Å². The first-order chi connectivity index (χ1) is 9.74. The van der Waals surface area contributed by atoms with Crippen molar-refractivity contribution in [3.05, 3.63) is 30.5 Å². The second-order valence-electron chi connectivity index (χ2n) is 5.47. The number of aromatic nitrogens is 1. The van der Waals surface area contributed by atoms with Crippen molar-refractivity contribution in [3.8, 4) is 5.75 Å². The molecule has 106 valence electrons. The van der Waals surface area contributed by atoms with Crippen LogP contribution in [0.1, 0.15) is 12.8 Å². The van der Waals surface area contributed by atoms with Gasteiger partial charge >= 0.3 is 0 Å². The van der Waals surface area contributed by atoms with Crippen molar-refractivity contribution in [2.75, 3.05) is 25.6 Å². The summed E-state index contributed by atoms with van der Waals surface area (Å²) in [6.45, 7) is 0.676. The van der Waals surface area contributed by atoms with Crippen LogP contribution in [0.3, 0.4) is 0 Å². The average Bonchev–Trinajstić information content (AvgIpc) is 3.31. The van der Waals surface area contributed by atoms with E-state index < -0.39 is 0 Å². The van der Waals surface area contributed by atoms with Gasteiger partial charge in [0.2, 0.25) is 0 Å². The fourth-order valence-electron chi connectivity index (χ4n) is 2.85. The number of nitrogens with two attached hydrogens (primary N) is 1. The Morgan fingerprint density at radius 2 is 2.20 bits per heavy atom. The van der Waals surface area contributed by atoms with Crippen molar-refractivity contribution in [1.29, 1.82) is 0 Å². The van der Waals surface area contributed by atoms with Crippen molar-refractivity contribution in [2.45, 2.75) is 18.9 Å². The summed E-state index contributed by atoms with van der Waals surface area (Å²) in [4.78, 5) is 6.81. The third-order valence-corrected chi connectivity index (χ3v) is 4.19. The van der Waals surface area contributed by atoms with E-state index in [1.165, 1.54) is 12.8 Å². The second-order valence-corrected chi connectivity index (χ2v) is 5.47. The Labute approximate surface area is 119 Å². The number of methoxy groups -OCH3 is 1. The zero-order valence-electron chi connectivity index (χ0n) is 12.0. The maximum Gasteiger partial charge on any atom is 0.136 e. The van der Waals surface area contributed by atoms with Crippen LogP contribution < -0.4 is 15.4 Å². The summed E-state index contributed by atoms with van der Waals surface area (Å²) in [6.07, 6.45) is 4.42. The molecule has 0 aliphatic heterocycles. The number of pyridine rings is 1. The summed E-state index contributed by atoms with van der Waals surface area (Å²) in [6, 6.07) is 8.51. The normalized spacial score (nSPS) is 16.1. The molecule has 1 heterocycles. The zero-order chi connectivity index (χ0) is 14.1. The molecule has 0 spiro atoms. The Hall–Kier alpha value is -1.81. The summed E-state index contributed by atoms with van der Waals surface area (Å²) >= 11 is 0. The second kappa shape index (κ2) is 5.29. The highest BCUT2D eigenvalue weighted by Crippen LogP contribution is 2.37. The monoisotopic (exact) mass is 271 g/mol. The van der Waals surface area contributed by atoms with Crippen molar-refractivity contribution in [1.82, 2.24) is 4.98 Å². The van der Waals surface area contributed by atoms with Crippen LogP contribution in [0.4, 0.5) is 5.82 Å². The van der Waals surface area contributed by atoms with E-state index in [2.05, 4.69) is 23.0 Å². The van der Waals surface area contributed by atoms with Gasteiger partial charge in [-0.3, -0.25) is 0 Å². The predicted octanol–water partition coefficient (Wildman–Crippen LogP) is 2.42. The minimum absolute atomic E-state index is 0.384. The predicted molar refractivity (Wildman–Crippen MR) is 82.3 cm³/mol. The van der Waals surface area contributed by atoms with Crippen molar-refractivity contribution >= 4 is 16.6 Å². The minimum atomic E-state index is 0.384. The highest BCUT2D eigenvalue weighted by Gasteiger charge is 2.33. The van der Waals surface area contributed by atoms with E-state index >= 15 is 0 Å². The molecule has 1 fully saturated rings. The Balaban J connectivity index is 2.01. The van der Waals surface area contributed by atoms with Gasteiger partial charge in [0.25, 0.3) is 0 Å². The number of ether oxygens (including phenoxy) is 1. The molecule has 20 heavy (non-hydrogen) atoms. The topological polar surface area (TPSA) is 51.4 Å². The summed E-state index contributed by atoms with van der Waals surface area (Å²) in [5, 5.41) is 2.29. The Kier molecular flexibility index (Phi) is 3.49. The first kappa shape index (κ1) is 13.2. The number of nitrogens with zero attached hydrogens (tertiary/aromatic N) is 2. The van der Waals surface area contributed by atoms with E-state index in [0.717, 1.165) is 28.3 Å². The first-order valence-corrected chi connectivity index (χ1v) is 7.10. The lowest BCUT2D eigenvalue weighted by atomic mass is 10.1. The maximum absolute atomic E-state index is 5.95. The molecular formula is C16H21N3O. The van der Waals surface area contributed by atoms with Gasteiger partial charge in [-0.2, -0.15) is 0 Å². The van der Waals surface area contributed by atoms with E-state index in [-0.39, 0.29) is 0 Å². The quantitative estimate of drug-likeness (QED) is 0.907. The third-order valence-electron chi connectivity index (χ3n) is 4.19. The van der Waals surface area contributed by atoms with Crippen LogP contribution in [0.5, 0.6) is 5.75 Å². The zero-order valence-corrected chi connectivity index (χ0v) is 12.0. The molecule has 1 atom stereocenters. The van der Waals surface area contributed by atoms with Gasteiger partial charge in [-0.05, 0) is 48.4 Å². The van der Waals surface area contributed by atoms with Gasteiger partial charge in [0, 0.05) is 31.2 Å². The number of fused-ring (bicyclic) bond motifs is 1. The molecule has 1 unspecified atom stereocenters. The van der Waals surface area contributed by atoms with Gasteiger partial charge < -0.3 is 15.4 Å². The SMILES string of the molecule is COc1ccc2c(N(C)C(CN)C3CC3)nccc2c1. The molecule has 1 aliphatic rings. The van der Waals surface area contributed by atoms with E-state index in [4.69, 9.17) is 10.5 Å². The van der Waals surface area contributed by atoms with Gasteiger partial charge in [0.15, 0.2) is 0 Å². The fraction of sp³-hybridized carbons (Fsp3) is 0.438. The van der Waals surface area contributed by atoms with E-state index in [1.807, 2.05) is 24.4 Å². The molecule has 4 nitrogen and oxygen atoms in total. The Morgan fingerprint density at radius 3 is 2.85 bits per heavy atom. The molecule has 0 amide bonds. The van der Waals surface area contributed by atoms with Gasteiger partial charge in [0.05, 0.1) is 7.11 Å². The molecule has 4 heteroatoms. The highest BCUT2D eigenvalue weighted by atomic mass is 16.5. The molecule has 2 N–H and O–H groups in total. The number of likely N-dealkylation sites (N-methyl/N-ethyl adjacent to an activating group) is 1. The molecule has 2 aromatic rings. The van der Waals surface area contributed by atoms with Crippen LogP contribution in [-0.4, -0.2) is 31.7 Å². The number of benzene rings is 1. The molecular weight excluding hydrogens is 250 g/mol. The summed E-state index contributed by atoms with van der Waals surface area (Å²) in [7, 11) is 3.79. The van der Waals surface area contributed by atoms with E-state index in [9.17, 15) is 0 Å². The van der Waals surface area contributed by atoms with Crippen LogP contribution in [0.25, 0.3) is 10.8 Å². The van der Waals surface area contributed by atoms with Crippen LogP contribution in [0, 0.1) is 5.92 Å². The standard InChI is InChI=1S/C16H21N3O/c1-19(15(10-17)11-3-4-11)16-14-6-5-13(20-2)9-12(14)7-8-18-16/h5-9,11,15H,3-4,10,17H2,1-2H3. The molecule has 0 bridgehead atoms. The molecule has 0 radical (unpaired) electrons. The summed E-state index contributed by atoms with van der Waals surface area (Å²) in [5.74, 6) is 2.60. The fourth-order valence-corrected chi connectivity index (χ4v) is 2.85. The molecule has 1 saturated carbocycles. The maximum atomic E-state index is 5.95. The highest BCUT2D eigenvalue weighted by molar-refractivity contribution is 5.93. The van der Waals surface area contributed by atoms with Crippen LogP contribution in [-0.2, 0) is 0 Å². The Morgan fingerprint density at radius 1 is 1.40 bits per heavy atom. The van der Waals surface area contributed by atoms with E-state index in [1.54, 1.807) is 7.11 Å². The minimum Gasteiger partial charge on any atom is -0.497 e. The molecule has 1 aromatic carbocycles. The molecule has 3 rings (SSSR count). The van der Waals surface area contributed by atoms with Gasteiger partial charge in [-0.25, -0.2) is 4.98 Å². The summed E-state index contributed by atoms with van der Waals surface area (Å²) < 4.78 is 5.29.